The molecule has 0 atom stereocenters. The largest absolute Gasteiger partial charge is 0.457 e. The number of hydrogen-bond acceptors (Lipinski definition) is 2. The van der Waals surface area contributed by atoms with Crippen molar-refractivity contribution >= 4 is 15.9 Å². The van der Waals surface area contributed by atoms with Gasteiger partial charge in [-0.15, -0.1) is 0 Å². The molecule has 100 valence electrons. The third-order valence-corrected chi connectivity index (χ3v) is 4.06. The lowest BCUT2D eigenvalue weighted by molar-refractivity contribution is 0.475. The van der Waals surface area contributed by atoms with Gasteiger partial charge in [0, 0.05) is 17.1 Å². The van der Waals surface area contributed by atoms with Crippen molar-refractivity contribution in [1.29, 1.82) is 0 Å². The van der Waals surface area contributed by atoms with E-state index in [-0.39, 0.29) is 12.4 Å². The number of ether oxygens (including phenoxy) is 1. The van der Waals surface area contributed by atoms with E-state index >= 15 is 0 Å². The zero-order chi connectivity index (χ0) is 14.0. The first-order valence-corrected chi connectivity index (χ1v) is 6.73. The van der Waals surface area contributed by atoms with Gasteiger partial charge in [0.2, 0.25) is 0 Å². The van der Waals surface area contributed by atoms with Gasteiger partial charge in [-0.25, -0.2) is 4.39 Å². The number of nitrogens with two attached hydrogens (primary N) is 1. The van der Waals surface area contributed by atoms with Crippen molar-refractivity contribution in [2.75, 3.05) is 0 Å². The fourth-order valence-electron chi connectivity index (χ4n) is 1.90. The average molecular weight is 324 g/mol. The molecule has 2 nitrogen and oxygen atoms in total. The minimum absolute atomic E-state index is 0.284. The topological polar surface area (TPSA) is 35.2 Å². The third-order valence-electron chi connectivity index (χ3n) is 2.81. The molecule has 0 fully saturated rings. The highest BCUT2D eigenvalue weighted by Crippen LogP contribution is 2.30. The number of benzene rings is 2. The zero-order valence-electron chi connectivity index (χ0n) is 10.8. The smallest absolute Gasteiger partial charge is 0.130 e. The molecule has 2 aromatic rings. The maximum atomic E-state index is 13.4. The van der Waals surface area contributed by atoms with E-state index < -0.39 is 0 Å². The molecule has 0 aromatic heterocycles. The first kappa shape index (κ1) is 14.0. The summed E-state index contributed by atoms with van der Waals surface area (Å²) >= 11 is 3.50. The maximum Gasteiger partial charge on any atom is 0.130 e. The monoisotopic (exact) mass is 323 g/mol. The van der Waals surface area contributed by atoms with E-state index in [0.29, 0.717) is 17.1 Å². The quantitative estimate of drug-likeness (QED) is 0.905. The fourth-order valence-corrected chi connectivity index (χ4v) is 2.13. The maximum absolute atomic E-state index is 13.4. The van der Waals surface area contributed by atoms with E-state index in [0.717, 1.165) is 15.6 Å². The van der Waals surface area contributed by atoms with Crippen molar-refractivity contribution in [3.63, 3.8) is 0 Å². The summed E-state index contributed by atoms with van der Waals surface area (Å²) in [5, 5.41) is 0. The molecule has 0 unspecified atom stereocenters. The molecule has 2 aromatic carbocycles. The van der Waals surface area contributed by atoms with Gasteiger partial charge in [-0.1, -0.05) is 15.9 Å². The van der Waals surface area contributed by atoms with Crippen LogP contribution in [-0.2, 0) is 6.54 Å². The summed E-state index contributed by atoms with van der Waals surface area (Å²) in [5.41, 5.74) is 8.38. The van der Waals surface area contributed by atoms with Crippen LogP contribution in [0.25, 0.3) is 0 Å². The molecule has 0 heterocycles. The Balaban J connectivity index is 2.33. The predicted molar refractivity (Wildman–Crippen MR) is 78.0 cm³/mol. The van der Waals surface area contributed by atoms with Crippen LogP contribution in [0.5, 0.6) is 11.5 Å². The average Bonchev–Trinajstić information content (AvgIpc) is 2.35. The Morgan fingerprint density at radius 3 is 2.21 bits per heavy atom. The zero-order valence-corrected chi connectivity index (χ0v) is 12.4. The Kier molecular flexibility index (Phi) is 4.22. The second kappa shape index (κ2) is 5.72. The Hall–Kier alpha value is -1.39. The van der Waals surface area contributed by atoms with E-state index in [9.17, 15) is 4.39 Å². The number of aryl methyl sites for hydroxylation is 2. The molecule has 19 heavy (non-hydrogen) atoms. The van der Waals surface area contributed by atoms with Gasteiger partial charge in [0.25, 0.3) is 0 Å². The summed E-state index contributed by atoms with van der Waals surface area (Å²) in [7, 11) is 0. The molecule has 0 aliphatic carbocycles. The van der Waals surface area contributed by atoms with Crippen LogP contribution in [0.4, 0.5) is 4.39 Å². The van der Waals surface area contributed by atoms with Gasteiger partial charge in [-0.05, 0) is 54.8 Å². The van der Waals surface area contributed by atoms with Crippen molar-refractivity contribution < 1.29 is 9.13 Å². The Bertz CT molecular complexity index is 590. The minimum atomic E-state index is -0.344. The van der Waals surface area contributed by atoms with Crippen molar-refractivity contribution in [1.82, 2.24) is 0 Å². The van der Waals surface area contributed by atoms with Crippen LogP contribution in [0.15, 0.2) is 34.8 Å². The van der Waals surface area contributed by atoms with E-state index in [1.807, 2.05) is 26.0 Å². The summed E-state index contributed by atoms with van der Waals surface area (Å²) in [4.78, 5) is 0. The fraction of sp³-hybridized carbons (Fsp3) is 0.200. The Morgan fingerprint density at radius 2 is 1.63 bits per heavy atom. The molecule has 0 aliphatic heterocycles. The van der Waals surface area contributed by atoms with E-state index in [1.165, 1.54) is 12.1 Å². The molecule has 0 aliphatic rings. The first-order chi connectivity index (χ1) is 8.99. The van der Waals surface area contributed by atoms with Gasteiger partial charge >= 0.3 is 0 Å². The van der Waals surface area contributed by atoms with Crippen molar-refractivity contribution in [3.8, 4) is 11.5 Å². The van der Waals surface area contributed by atoms with Gasteiger partial charge in [-0.3, -0.25) is 0 Å². The van der Waals surface area contributed by atoms with Crippen LogP contribution in [0.2, 0.25) is 0 Å². The molecule has 0 bridgehead atoms. The lowest BCUT2D eigenvalue weighted by atomic mass is 10.1. The normalized spacial score (nSPS) is 10.6. The van der Waals surface area contributed by atoms with E-state index in [1.54, 1.807) is 6.07 Å². The number of halogens is 2. The minimum Gasteiger partial charge on any atom is -0.457 e. The molecule has 0 spiro atoms. The van der Waals surface area contributed by atoms with Crippen LogP contribution in [0.3, 0.4) is 0 Å². The Labute approximate surface area is 120 Å². The van der Waals surface area contributed by atoms with Crippen molar-refractivity contribution in [2.24, 2.45) is 5.73 Å². The standard InChI is InChI=1S/C15H15BrFNO/c1-9-3-13(4-10(2)15(9)16)19-14-6-11(8-18)5-12(17)7-14/h3-7H,8,18H2,1-2H3. The highest BCUT2D eigenvalue weighted by Gasteiger charge is 2.06. The molecular formula is C15H15BrFNO. The highest BCUT2D eigenvalue weighted by molar-refractivity contribution is 9.10. The molecule has 2 N–H and O–H groups in total. The molecular weight excluding hydrogens is 309 g/mol. The van der Waals surface area contributed by atoms with Gasteiger partial charge in [0.1, 0.15) is 17.3 Å². The Morgan fingerprint density at radius 1 is 1.05 bits per heavy atom. The van der Waals surface area contributed by atoms with Crippen LogP contribution >= 0.6 is 15.9 Å². The molecule has 0 radical (unpaired) electrons. The van der Waals surface area contributed by atoms with Crippen molar-refractivity contribution in [2.45, 2.75) is 20.4 Å². The molecule has 4 heteroatoms. The second-order valence-electron chi connectivity index (χ2n) is 4.47. The molecule has 0 amide bonds. The summed E-state index contributed by atoms with van der Waals surface area (Å²) in [5.74, 6) is 0.803. The van der Waals surface area contributed by atoms with Crippen LogP contribution < -0.4 is 10.5 Å². The van der Waals surface area contributed by atoms with Gasteiger partial charge in [0.05, 0.1) is 0 Å². The van der Waals surface area contributed by atoms with E-state index in [2.05, 4.69) is 15.9 Å². The second-order valence-corrected chi connectivity index (χ2v) is 5.27. The van der Waals surface area contributed by atoms with Gasteiger partial charge in [-0.2, -0.15) is 0 Å². The number of rotatable bonds is 3. The first-order valence-electron chi connectivity index (χ1n) is 5.93. The molecule has 0 saturated heterocycles. The highest BCUT2D eigenvalue weighted by atomic mass is 79.9. The SMILES string of the molecule is Cc1cc(Oc2cc(F)cc(CN)c2)cc(C)c1Br. The van der Waals surface area contributed by atoms with E-state index in [4.69, 9.17) is 10.5 Å². The third kappa shape index (κ3) is 3.33. The summed E-state index contributed by atoms with van der Waals surface area (Å²) in [6.07, 6.45) is 0. The lowest BCUT2D eigenvalue weighted by Crippen LogP contribution is -1.98. The number of hydrogen-bond donors (Lipinski definition) is 1. The van der Waals surface area contributed by atoms with Crippen LogP contribution in [0, 0.1) is 19.7 Å². The molecule has 2 rings (SSSR count). The van der Waals surface area contributed by atoms with Crippen molar-refractivity contribution in [3.05, 3.63) is 57.3 Å². The summed E-state index contributed by atoms with van der Waals surface area (Å²) in [6.45, 7) is 4.26. The van der Waals surface area contributed by atoms with Gasteiger partial charge < -0.3 is 10.5 Å². The summed E-state index contributed by atoms with van der Waals surface area (Å²) < 4.78 is 20.2. The van der Waals surface area contributed by atoms with Crippen LogP contribution in [0.1, 0.15) is 16.7 Å². The van der Waals surface area contributed by atoms with Crippen LogP contribution in [-0.4, -0.2) is 0 Å². The molecule has 0 saturated carbocycles. The van der Waals surface area contributed by atoms with Gasteiger partial charge in [0.15, 0.2) is 0 Å². The predicted octanol–water partition coefficient (Wildman–Crippen LogP) is 4.46. The summed E-state index contributed by atoms with van der Waals surface area (Å²) in [6, 6.07) is 8.32. The lowest BCUT2D eigenvalue weighted by Gasteiger charge is -2.11.